The lowest BCUT2D eigenvalue weighted by Gasteiger charge is -2.18. The molecule has 0 aliphatic heterocycles. The molecule has 0 aliphatic carbocycles. The minimum absolute atomic E-state index is 0.0638. The molecule has 0 aliphatic rings. The molecule has 6 heteroatoms. The zero-order valence-electron chi connectivity index (χ0n) is 37.9. The molecule has 0 aromatic rings. The molecule has 332 valence electrons. The van der Waals surface area contributed by atoms with Gasteiger partial charge < -0.3 is 14.2 Å². The van der Waals surface area contributed by atoms with E-state index in [-0.39, 0.29) is 31.1 Å². The van der Waals surface area contributed by atoms with Crippen LogP contribution in [0.5, 0.6) is 0 Å². The average Bonchev–Trinajstić information content (AvgIpc) is 3.19. The maximum absolute atomic E-state index is 12.6. The van der Waals surface area contributed by atoms with E-state index in [1.807, 2.05) is 0 Å². The number of esters is 3. The predicted octanol–water partition coefficient (Wildman–Crippen LogP) is 16.0. The summed E-state index contributed by atoms with van der Waals surface area (Å²) in [5.41, 5.74) is 0. The summed E-state index contributed by atoms with van der Waals surface area (Å²) in [5.74, 6) is -0.860. The van der Waals surface area contributed by atoms with Crippen molar-refractivity contribution in [3.05, 3.63) is 0 Å². The lowest BCUT2D eigenvalue weighted by atomic mass is 10.0. The summed E-state index contributed by atoms with van der Waals surface area (Å²) in [6.07, 6.45) is 48.4. The summed E-state index contributed by atoms with van der Waals surface area (Å²) >= 11 is 0. The fourth-order valence-electron chi connectivity index (χ4n) is 7.56. The van der Waals surface area contributed by atoms with Gasteiger partial charge in [0.25, 0.3) is 0 Å². The molecule has 0 saturated heterocycles. The Hall–Kier alpha value is -1.59. The van der Waals surface area contributed by atoms with Crippen LogP contribution in [0, 0.1) is 0 Å². The molecule has 1 atom stereocenters. The molecule has 0 unspecified atom stereocenters. The van der Waals surface area contributed by atoms with Crippen LogP contribution in [-0.4, -0.2) is 37.2 Å². The first-order chi connectivity index (χ1) is 27.5. The molecule has 0 spiro atoms. The van der Waals surface area contributed by atoms with Crippen molar-refractivity contribution in [2.45, 2.75) is 290 Å². The van der Waals surface area contributed by atoms with E-state index in [0.29, 0.717) is 19.3 Å². The molecule has 56 heavy (non-hydrogen) atoms. The monoisotopic (exact) mass is 793 g/mol. The summed E-state index contributed by atoms with van der Waals surface area (Å²) in [7, 11) is 0. The van der Waals surface area contributed by atoms with E-state index in [0.717, 1.165) is 64.2 Å². The molecule has 0 amide bonds. The van der Waals surface area contributed by atoms with Crippen molar-refractivity contribution in [2.24, 2.45) is 0 Å². The first-order valence-electron chi connectivity index (χ1n) is 25.0. The molecule has 0 saturated carbocycles. The third-order valence-electron chi connectivity index (χ3n) is 11.4. The summed E-state index contributed by atoms with van der Waals surface area (Å²) in [4.78, 5) is 37.6. The Morgan fingerprint density at radius 1 is 0.286 bits per heavy atom. The number of hydrogen-bond acceptors (Lipinski definition) is 6. The molecule has 0 bridgehead atoms. The largest absolute Gasteiger partial charge is 0.462 e. The zero-order chi connectivity index (χ0) is 40.8. The van der Waals surface area contributed by atoms with Crippen molar-refractivity contribution in [1.82, 2.24) is 0 Å². The van der Waals surface area contributed by atoms with Gasteiger partial charge in [-0.1, -0.05) is 245 Å². The topological polar surface area (TPSA) is 78.9 Å². The second kappa shape index (κ2) is 46.1. The minimum atomic E-state index is -0.757. The van der Waals surface area contributed by atoms with Crippen LogP contribution in [0.1, 0.15) is 284 Å². The van der Waals surface area contributed by atoms with E-state index in [1.165, 1.54) is 180 Å². The smallest absolute Gasteiger partial charge is 0.306 e. The van der Waals surface area contributed by atoms with Crippen LogP contribution >= 0.6 is 0 Å². The van der Waals surface area contributed by atoms with E-state index in [1.54, 1.807) is 0 Å². The van der Waals surface area contributed by atoms with Crippen molar-refractivity contribution in [1.29, 1.82) is 0 Å². The Morgan fingerprint density at radius 2 is 0.482 bits per heavy atom. The zero-order valence-corrected chi connectivity index (χ0v) is 37.9. The maximum Gasteiger partial charge on any atom is 0.306 e. The van der Waals surface area contributed by atoms with Crippen LogP contribution in [0.25, 0.3) is 0 Å². The van der Waals surface area contributed by atoms with Crippen LogP contribution in [0.3, 0.4) is 0 Å². The Morgan fingerprint density at radius 3 is 0.714 bits per heavy atom. The van der Waals surface area contributed by atoms with Gasteiger partial charge in [0, 0.05) is 19.3 Å². The number of ether oxygens (including phenoxy) is 3. The lowest BCUT2D eigenvalue weighted by molar-refractivity contribution is -0.167. The van der Waals surface area contributed by atoms with Gasteiger partial charge in [0.05, 0.1) is 0 Å². The molecule has 0 aromatic carbocycles. The third-order valence-corrected chi connectivity index (χ3v) is 11.4. The molecular formula is C50H96O6. The number of rotatable bonds is 46. The molecule has 0 fully saturated rings. The molecule has 0 heterocycles. The van der Waals surface area contributed by atoms with E-state index < -0.39 is 6.10 Å². The van der Waals surface area contributed by atoms with Gasteiger partial charge in [0.15, 0.2) is 6.10 Å². The molecule has 0 radical (unpaired) electrons. The van der Waals surface area contributed by atoms with Gasteiger partial charge in [0.2, 0.25) is 0 Å². The van der Waals surface area contributed by atoms with Crippen molar-refractivity contribution >= 4 is 17.9 Å². The molecule has 0 N–H and O–H groups in total. The highest BCUT2D eigenvalue weighted by Crippen LogP contribution is 2.17. The highest BCUT2D eigenvalue weighted by atomic mass is 16.6. The first kappa shape index (κ1) is 54.4. The van der Waals surface area contributed by atoms with Gasteiger partial charge in [-0.25, -0.2) is 0 Å². The Kier molecular flexibility index (Phi) is 44.8. The highest BCUT2D eigenvalue weighted by Gasteiger charge is 2.19. The van der Waals surface area contributed by atoms with Crippen LogP contribution in [0.4, 0.5) is 0 Å². The Labute approximate surface area is 348 Å². The average molecular weight is 793 g/mol. The van der Waals surface area contributed by atoms with Gasteiger partial charge in [-0.05, 0) is 19.3 Å². The number of hydrogen-bond donors (Lipinski definition) is 0. The Balaban J connectivity index is 4.06. The maximum atomic E-state index is 12.6. The third kappa shape index (κ3) is 43.5. The standard InChI is InChI=1S/C50H96O6/c1-4-7-10-13-15-17-19-21-23-24-25-27-29-31-33-35-38-40-43-49(52)55-46-47(56-50(53)44-41-36-12-9-6-3)45-54-48(51)42-39-37-34-32-30-28-26-22-20-18-16-14-11-8-5-2/h47H,4-46H2,1-3H3/t47-/m1/s1. The molecule has 6 nitrogen and oxygen atoms in total. The second-order valence-electron chi connectivity index (χ2n) is 17.1. The summed E-state index contributed by atoms with van der Waals surface area (Å²) < 4.78 is 16.7. The SMILES string of the molecule is CCCCCCCCCCCCCCCCCCCCC(=O)OC[C@@H](COC(=O)CCCCCCCCCCCCCCCCC)OC(=O)CCCCCCC. The summed E-state index contributed by atoms with van der Waals surface area (Å²) in [6.45, 7) is 6.60. The first-order valence-corrected chi connectivity index (χ1v) is 25.0. The van der Waals surface area contributed by atoms with E-state index >= 15 is 0 Å². The van der Waals surface area contributed by atoms with Crippen LogP contribution in [0.2, 0.25) is 0 Å². The lowest BCUT2D eigenvalue weighted by Crippen LogP contribution is -2.30. The number of carbonyl (C=O) groups excluding carboxylic acids is 3. The molecule has 0 rings (SSSR count). The van der Waals surface area contributed by atoms with Crippen molar-refractivity contribution < 1.29 is 28.6 Å². The fourth-order valence-corrected chi connectivity index (χ4v) is 7.56. The normalized spacial score (nSPS) is 11.8. The Bertz CT molecular complexity index is 828. The molecular weight excluding hydrogens is 697 g/mol. The van der Waals surface area contributed by atoms with Gasteiger partial charge >= 0.3 is 17.9 Å². The molecule has 0 aromatic heterocycles. The van der Waals surface area contributed by atoms with Crippen molar-refractivity contribution in [2.75, 3.05) is 13.2 Å². The van der Waals surface area contributed by atoms with Crippen LogP contribution in [0.15, 0.2) is 0 Å². The van der Waals surface area contributed by atoms with Gasteiger partial charge in [0.1, 0.15) is 13.2 Å². The van der Waals surface area contributed by atoms with Crippen LogP contribution < -0.4 is 0 Å². The van der Waals surface area contributed by atoms with E-state index in [9.17, 15) is 14.4 Å². The van der Waals surface area contributed by atoms with Crippen LogP contribution in [-0.2, 0) is 28.6 Å². The minimum Gasteiger partial charge on any atom is -0.462 e. The highest BCUT2D eigenvalue weighted by molar-refractivity contribution is 5.71. The van der Waals surface area contributed by atoms with Crippen molar-refractivity contribution in [3.63, 3.8) is 0 Å². The van der Waals surface area contributed by atoms with Gasteiger partial charge in [-0.15, -0.1) is 0 Å². The predicted molar refractivity (Wildman–Crippen MR) is 238 cm³/mol. The second-order valence-corrected chi connectivity index (χ2v) is 17.1. The van der Waals surface area contributed by atoms with E-state index in [2.05, 4.69) is 20.8 Å². The van der Waals surface area contributed by atoms with Gasteiger partial charge in [-0.3, -0.25) is 14.4 Å². The van der Waals surface area contributed by atoms with Gasteiger partial charge in [-0.2, -0.15) is 0 Å². The summed E-state index contributed by atoms with van der Waals surface area (Å²) in [5, 5.41) is 0. The summed E-state index contributed by atoms with van der Waals surface area (Å²) in [6, 6.07) is 0. The van der Waals surface area contributed by atoms with E-state index in [4.69, 9.17) is 14.2 Å². The quantitative estimate of drug-likeness (QED) is 0.0347. The number of unbranched alkanes of at least 4 members (excludes halogenated alkanes) is 35. The fraction of sp³-hybridized carbons (Fsp3) is 0.940. The van der Waals surface area contributed by atoms with Crippen molar-refractivity contribution in [3.8, 4) is 0 Å². The number of carbonyl (C=O) groups is 3.